The zero-order valence-corrected chi connectivity index (χ0v) is 11.7. The van der Waals surface area contributed by atoms with Gasteiger partial charge in [-0.15, -0.1) is 0 Å². The highest BCUT2D eigenvalue weighted by Gasteiger charge is 2.15. The van der Waals surface area contributed by atoms with Crippen molar-refractivity contribution in [3.05, 3.63) is 30.1 Å². The van der Waals surface area contributed by atoms with Crippen molar-refractivity contribution in [2.75, 3.05) is 19.3 Å². The van der Waals surface area contributed by atoms with Gasteiger partial charge >= 0.3 is 0 Å². The van der Waals surface area contributed by atoms with Crippen LogP contribution in [-0.2, 0) is 10.0 Å². The van der Waals surface area contributed by atoms with E-state index < -0.39 is 10.0 Å². The molecular weight excluding hydrogens is 250 g/mol. The first-order valence-electron chi connectivity index (χ1n) is 6.10. The number of pyridine rings is 1. The zero-order valence-electron chi connectivity index (χ0n) is 10.9. The van der Waals surface area contributed by atoms with Gasteiger partial charge in [-0.25, -0.2) is 13.1 Å². The lowest BCUT2D eigenvalue weighted by Crippen LogP contribution is -2.29. The molecule has 1 heterocycles. The van der Waals surface area contributed by atoms with Crippen LogP contribution in [0.5, 0.6) is 0 Å². The molecule has 0 fully saturated rings. The minimum atomic E-state index is -3.23. The third kappa shape index (κ3) is 5.57. The summed E-state index contributed by atoms with van der Waals surface area (Å²) in [5.41, 5.74) is 0.733. The minimum Gasteiger partial charge on any atom is -0.320 e. The molecule has 6 heteroatoms. The smallest absolute Gasteiger partial charge is 0.212 e. The fraction of sp³-hybridized carbons (Fsp3) is 0.583. The van der Waals surface area contributed by atoms with Crippen molar-refractivity contribution in [3.63, 3.8) is 0 Å². The average Bonchev–Trinajstić information content (AvgIpc) is 2.35. The first-order chi connectivity index (χ1) is 8.55. The molecule has 0 saturated carbocycles. The second-order valence-electron chi connectivity index (χ2n) is 4.22. The zero-order chi connectivity index (χ0) is 13.4. The van der Waals surface area contributed by atoms with E-state index in [0.717, 1.165) is 18.7 Å². The lowest BCUT2D eigenvalue weighted by atomic mass is 10.2. The highest BCUT2D eigenvalue weighted by molar-refractivity contribution is 7.89. The second kappa shape index (κ2) is 7.45. The van der Waals surface area contributed by atoms with E-state index >= 15 is 0 Å². The standard InChI is InChI=1S/C12H21N3O2S/c1-11(12-7-3-4-9-14-12)15-18(16,17)10-6-5-8-13-2/h3-4,7,9,11,13,15H,5-6,8,10H2,1-2H3. The van der Waals surface area contributed by atoms with Crippen LogP contribution in [-0.4, -0.2) is 32.7 Å². The van der Waals surface area contributed by atoms with E-state index in [-0.39, 0.29) is 11.8 Å². The quantitative estimate of drug-likeness (QED) is 0.694. The Morgan fingerprint density at radius 1 is 1.33 bits per heavy atom. The largest absolute Gasteiger partial charge is 0.320 e. The Hall–Kier alpha value is -0.980. The SMILES string of the molecule is CNCCCCS(=O)(=O)NC(C)c1ccccn1. The molecule has 0 bridgehead atoms. The Labute approximate surface area is 109 Å². The third-order valence-electron chi connectivity index (χ3n) is 2.58. The number of unbranched alkanes of at least 4 members (excludes halogenated alkanes) is 1. The maximum atomic E-state index is 11.8. The number of sulfonamides is 1. The Bertz CT molecular complexity index is 434. The van der Waals surface area contributed by atoms with Crippen LogP contribution in [0.15, 0.2) is 24.4 Å². The molecule has 18 heavy (non-hydrogen) atoms. The molecule has 1 unspecified atom stereocenters. The van der Waals surface area contributed by atoms with Crippen LogP contribution in [0.4, 0.5) is 0 Å². The van der Waals surface area contributed by atoms with Crippen molar-refractivity contribution in [3.8, 4) is 0 Å². The fourth-order valence-corrected chi connectivity index (χ4v) is 2.98. The predicted octanol–water partition coefficient (Wildman–Crippen LogP) is 1.06. The van der Waals surface area contributed by atoms with Gasteiger partial charge in [0.1, 0.15) is 0 Å². The second-order valence-corrected chi connectivity index (χ2v) is 6.10. The van der Waals surface area contributed by atoms with Gasteiger partial charge in [-0.2, -0.15) is 0 Å². The van der Waals surface area contributed by atoms with Gasteiger partial charge in [-0.3, -0.25) is 4.98 Å². The molecule has 1 aromatic rings. The molecule has 0 aliphatic heterocycles. The van der Waals surface area contributed by atoms with Gasteiger partial charge in [0.05, 0.1) is 17.5 Å². The van der Waals surface area contributed by atoms with Crippen molar-refractivity contribution >= 4 is 10.0 Å². The van der Waals surface area contributed by atoms with Gasteiger partial charge < -0.3 is 5.32 Å². The molecule has 102 valence electrons. The molecule has 5 nitrogen and oxygen atoms in total. The van der Waals surface area contributed by atoms with Crippen LogP contribution < -0.4 is 10.0 Å². The summed E-state index contributed by atoms with van der Waals surface area (Å²) in [6.07, 6.45) is 3.17. The molecule has 1 rings (SSSR count). The van der Waals surface area contributed by atoms with Crippen LogP contribution in [0.1, 0.15) is 31.5 Å². The number of hydrogen-bond acceptors (Lipinski definition) is 4. The maximum Gasteiger partial charge on any atom is 0.212 e. The van der Waals surface area contributed by atoms with Crippen LogP contribution >= 0.6 is 0 Å². The Morgan fingerprint density at radius 3 is 2.72 bits per heavy atom. The molecule has 0 radical (unpaired) electrons. The van der Waals surface area contributed by atoms with Crippen molar-refractivity contribution in [1.82, 2.24) is 15.0 Å². The summed E-state index contributed by atoms with van der Waals surface area (Å²) in [6.45, 7) is 2.64. The van der Waals surface area contributed by atoms with Crippen molar-refractivity contribution in [2.24, 2.45) is 0 Å². The highest BCUT2D eigenvalue weighted by Crippen LogP contribution is 2.10. The number of nitrogens with zero attached hydrogens (tertiary/aromatic N) is 1. The van der Waals surface area contributed by atoms with E-state index in [1.807, 2.05) is 25.2 Å². The summed E-state index contributed by atoms with van der Waals surface area (Å²) in [5.74, 6) is 0.159. The topological polar surface area (TPSA) is 71.1 Å². The summed E-state index contributed by atoms with van der Waals surface area (Å²) in [6, 6.07) is 5.18. The number of nitrogens with one attached hydrogen (secondary N) is 2. The van der Waals surface area contributed by atoms with Crippen LogP contribution in [0.2, 0.25) is 0 Å². The molecule has 0 amide bonds. The molecule has 2 N–H and O–H groups in total. The molecule has 0 aliphatic carbocycles. The van der Waals surface area contributed by atoms with Gasteiger partial charge in [0.25, 0.3) is 0 Å². The maximum absolute atomic E-state index is 11.8. The van der Waals surface area contributed by atoms with Gasteiger partial charge in [-0.05, 0) is 45.5 Å². The summed E-state index contributed by atoms with van der Waals surface area (Å²) in [4.78, 5) is 4.14. The summed E-state index contributed by atoms with van der Waals surface area (Å²) in [5, 5.41) is 3.00. The van der Waals surface area contributed by atoms with E-state index in [0.29, 0.717) is 6.42 Å². The molecule has 1 aromatic heterocycles. The van der Waals surface area contributed by atoms with Gasteiger partial charge in [-0.1, -0.05) is 6.07 Å². The van der Waals surface area contributed by atoms with Crippen LogP contribution in [0, 0.1) is 0 Å². The Kier molecular flexibility index (Phi) is 6.24. The van der Waals surface area contributed by atoms with E-state index in [9.17, 15) is 8.42 Å². The van der Waals surface area contributed by atoms with E-state index in [1.54, 1.807) is 13.1 Å². The first kappa shape index (κ1) is 15.1. The number of aromatic nitrogens is 1. The fourth-order valence-electron chi connectivity index (χ4n) is 1.61. The molecule has 0 aliphatic rings. The lowest BCUT2D eigenvalue weighted by Gasteiger charge is -2.13. The molecule has 0 saturated heterocycles. The third-order valence-corrected chi connectivity index (χ3v) is 4.12. The molecule has 0 spiro atoms. The monoisotopic (exact) mass is 271 g/mol. The van der Waals surface area contributed by atoms with Crippen molar-refractivity contribution in [2.45, 2.75) is 25.8 Å². The van der Waals surface area contributed by atoms with Gasteiger partial charge in [0.15, 0.2) is 0 Å². The Morgan fingerprint density at radius 2 is 2.11 bits per heavy atom. The number of rotatable bonds is 8. The number of hydrogen-bond donors (Lipinski definition) is 2. The van der Waals surface area contributed by atoms with E-state index in [4.69, 9.17) is 0 Å². The lowest BCUT2D eigenvalue weighted by molar-refractivity contribution is 0.559. The van der Waals surface area contributed by atoms with E-state index in [1.165, 1.54) is 0 Å². The van der Waals surface area contributed by atoms with Crippen LogP contribution in [0.25, 0.3) is 0 Å². The van der Waals surface area contributed by atoms with Crippen molar-refractivity contribution < 1.29 is 8.42 Å². The minimum absolute atomic E-state index is 0.159. The van der Waals surface area contributed by atoms with Crippen LogP contribution in [0.3, 0.4) is 0 Å². The van der Waals surface area contributed by atoms with Crippen molar-refractivity contribution in [1.29, 1.82) is 0 Å². The molecular formula is C12H21N3O2S. The normalized spacial score (nSPS) is 13.4. The van der Waals surface area contributed by atoms with Gasteiger partial charge in [0, 0.05) is 6.20 Å². The van der Waals surface area contributed by atoms with Gasteiger partial charge in [0.2, 0.25) is 10.0 Å². The summed E-state index contributed by atoms with van der Waals surface area (Å²) < 4.78 is 26.3. The predicted molar refractivity (Wildman–Crippen MR) is 72.7 cm³/mol. The summed E-state index contributed by atoms with van der Waals surface area (Å²) >= 11 is 0. The molecule has 1 atom stereocenters. The Balaban J connectivity index is 2.45. The first-order valence-corrected chi connectivity index (χ1v) is 7.76. The average molecular weight is 271 g/mol. The van der Waals surface area contributed by atoms with E-state index in [2.05, 4.69) is 15.0 Å². The molecule has 0 aromatic carbocycles. The summed E-state index contributed by atoms with van der Waals surface area (Å²) in [7, 11) is -1.37. The highest BCUT2D eigenvalue weighted by atomic mass is 32.2.